The maximum atomic E-state index is 12.4. The molecular formula is C18H26N2O4. The van der Waals surface area contributed by atoms with E-state index in [2.05, 4.69) is 5.32 Å². The molecule has 1 N–H and O–H groups in total. The number of carbonyl (C=O) groups excluding carboxylic acids is 1. The SMILES string of the molecule is COc1ccc(NC(=O)N2CCC3(CC2)CC(OC)CCO3)cc1. The first-order valence-electron chi connectivity index (χ1n) is 8.51. The van der Waals surface area contributed by atoms with Crippen LogP contribution in [0.2, 0.25) is 0 Å². The molecule has 2 amide bonds. The topological polar surface area (TPSA) is 60.0 Å². The molecule has 1 aromatic carbocycles. The first-order chi connectivity index (χ1) is 11.6. The highest BCUT2D eigenvalue weighted by Gasteiger charge is 2.41. The van der Waals surface area contributed by atoms with Crippen molar-refractivity contribution >= 4 is 11.7 Å². The smallest absolute Gasteiger partial charge is 0.321 e. The first kappa shape index (κ1) is 17.0. The van der Waals surface area contributed by atoms with Crippen molar-refractivity contribution in [2.24, 2.45) is 0 Å². The Morgan fingerprint density at radius 3 is 2.58 bits per heavy atom. The molecule has 1 atom stereocenters. The van der Waals surface area contributed by atoms with E-state index < -0.39 is 0 Å². The van der Waals surface area contributed by atoms with Crippen molar-refractivity contribution in [1.29, 1.82) is 0 Å². The van der Waals surface area contributed by atoms with Gasteiger partial charge in [-0.05, 0) is 43.5 Å². The number of urea groups is 1. The van der Waals surface area contributed by atoms with Gasteiger partial charge in [0.1, 0.15) is 5.75 Å². The molecule has 6 heteroatoms. The average molecular weight is 334 g/mol. The zero-order valence-corrected chi connectivity index (χ0v) is 14.4. The Kier molecular flexibility index (Phi) is 5.26. The van der Waals surface area contributed by atoms with Gasteiger partial charge in [0.2, 0.25) is 0 Å². The Balaban J connectivity index is 1.53. The minimum atomic E-state index is -0.115. The van der Waals surface area contributed by atoms with Crippen molar-refractivity contribution in [3.63, 3.8) is 0 Å². The maximum Gasteiger partial charge on any atom is 0.321 e. The van der Waals surface area contributed by atoms with Crippen LogP contribution in [0.15, 0.2) is 24.3 Å². The Morgan fingerprint density at radius 1 is 1.25 bits per heavy atom. The summed E-state index contributed by atoms with van der Waals surface area (Å²) in [5.74, 6) is 0.773. The molecule has 2 saturated heterocycles. The number of amides is 2. The summed E-state index contributed by atoms with van der Waals surface area (Å²) in [6.45, 7) is 2.16. The second-order valence-electron chi connectivity index (χ2n) is 6.53. The molecule has 2 aliphatic rings. The summed E-state index contributed by atoms with van der Waals surface area (Å²) >= 11 is 0. The summed E-state index contributed by atoms with van der Waals surface area (Å²) in [4.78, 5) is 14.3. The fourth-order valence-electron chi connectivity index (χ4n) is 3.53. The normalized spacial score (nSPS) is 23.1. The summed E-state index contributed by atoms with van der Waals surface area (Å²) in [5.41, 5.74) is 0.657. The van der Waals surface area contributed by atoms with Crippen LogP contribution < -0.4 is 10.1 Å². The number of methoxy groups -OCH3 is 2. The van der Waals surface area contributed by atoms with Gasteiger partial charge < -0.3 is 24.4 Å². The van der Waals surface area contributed by atoms with Crippen LogP contribution in [0.4, 0.5) is 10.5 Å². The number of hydrogen-bond donors (Lipinski definition) is 1. The molecule has 0 radical (unpaired) electrons. The number of likely N-dealkylation sites (tertiary alicyclic amines) is 1. The fraction of sp³-hybridized carbons (Fsp3) is 0.611. The molecule has 24 heavy (non-hydrogen) atoms. The Bertz CT molecular complexity index is 553. The van der Waals surface area contributed by atoms with Crippen LogP contribution in [-0.4, -0.2) is 56.6 Å². The van der Waals surface area contributed by atoms with Gasteiger partial charge >= 0.3 is 6.03 Å². The second kappa shape index (κ2) is 7.40. The lowest BCUT2D eigenvalue weighted by Crippen LogP contribution is -2.52. The van der Waals surface area contributed by atoms with Crippen LogP contribution in [0.25, 0.3) is 0 Å². The van der Waals surface area contributed by atoms with Crippen LogP contribution in [-0.2, 0) is 9.47 Å². The van der Waals surface area contributed by atoms with E-state index in [1.54, 1.807) is 14.2 Å². The summed E-state index contributed by atoms with van der Waals surface area (Å²) in [7, 11) is 3.39. The molecule has 6 nitrogen and oxygen atoms in total. The molecule has 3 rings (SSSR count). The predicted octanol–water partition coefficient (Wildman–Crippen LogP) is 2.89. The molecule has 2 heterocycles. The minimum absolute atomic E-state index is 0.0610. The molecule has 1 aromatic rings. The van der Waals surface area contributed by atoms with E-state index in [-0.39, 0.29) is 17.7 Å². The van der Waals surface area contributed by atoms with Crippen LogP contribution in [0, 0.1) is 0 Å². The van der Waals surface area contributed by atoms with Crippen LogP contribution >= 0.6 is 0 Å². The largest absolute Gasteiger partial charge is 0.497 e. The lowest BCUT2D eigenvalue weighted by molar-refractivity contribution is -0.145. The van der Waals surface area contributed by atoms with Crippen LogP contribution in [0.3, 0.4) is 0 Å². The van der Waals surface area contributed by atoms with Gasteiger partial charge in [0.15, 0.2) is 0 Å². The summed E-state index contributed by atoms with van der Waals surface area (Å²) in [5, 5.41) is 2.94. The van der Waals surface area contributed by atoms with E-state index in [4.69, 9.17) is 14.2 Å². The fourth-order valence-corrected chi connectivity index (χ4v) is 3.53. The highest BCUT2D eigenvalue weighted by atomic mass is 16.5. The van der Waals surface area contributed by atoms with Gasteiger partial charge in [0.05, 0.1) is 18.8 Å². The van der Waals surface area contributed by atoms with Crippen molar-refractivity contribution in [2.45, 2.75) is 37.4 Å². The molecule has 2 fully saturated rings. The van der Waals surface area contributed by atoms with Crippen molar-refractivity contribution in [1.82, 2.24) is 4.90 Å². The summed E-state index contributed by atoms with van der Waals surface area (Å²) < 4.78 is 16.7. The monoisotopic (exact) mass is 334 g/mol. The average Bonchev–Trinajstić information content (AvgIpc) is 2.63. The number of rotatable bonds is 3. The van der Waals surface area contributed by atoms with Gasteiger partial charge in [-0.2, -0.15) is 0 Å². The number of hydrogen-bond acceptors (Lipinski definition) is 4. The lowest BCUT2D eigenvalue weighted by Gasteiger charge is -2.45. The van der Waals surface area contributed by atoms with E-state index in [0.29, 0.717) is 13.1 Å². The van der Waals surface area contributed by atoms with Gasteiger partial charge in [0, 0.05) is 38.9 Å². The van der Waals surface area contributed by atoms with Gasteiger partial charge in [-0.1, -0.05) is 0 Å². The third kappa shape index (κ3) is 3.82. The summed E-state index contributed by atoms with van der Waals surface area (Å²) in [6.07, 6.45) is 3.89. The standard InChI is InChI=1S/C18H26N2O4/c1-22-15-5-3-14(4-6-15)19-17(21)20-10-8-18(9-11-20)13-16(23-2)7-12-24-18/h3-6,16H,7-13H2,1-2H3,(H,19,21). The second-order valence-corrected chi connectivity index (χ2v) is 6.53. The Hall–Kier alpha value is -1.79. The molecule has 0 saturated carbocycles. The van der Waals surface area contributed by atoms with Gasteiger partial charge in [-0.15, -0.1) is 0 Å². The molecule has 2 aliphatic heterocycles. The molecule has 0 aliphatic carbocycles. The quantitative estimate of drug-likeness (QED) is 0.923. The van der Waals surface area contributed by atoms with Gasteiger partial charge in [-0.3, -0.25) is 0 Å². The van der Waals surface area contributed by atoms with Gasteiger partial charge in [-0.25, -0.2) is 4.79 Å². The number of piperidine rings is 1. The van der Waals surface area contributed by atoms with Crippen molar-refractivity contribution in [3.05, 3.63) is 24.3 Å². The van der Waals surface area contributed by atoms with Crippen molar-refractivity contribution in [3.8, 4) is 5.75 Å². The molecule has 1 unspecified atom stereocenters. The van der Waals surface area contributed by atoms with Crippen LogP contribution in [0.1, 0.15) is 25.7 Å². The van der Waals surface area contributed by atoms with E-state index in [9.17, 15) is 4.79 Å². The number of nitrogens with one attached hydrogen (secondary N) is 1. The van der Waals surface area contributed by atoms with Crippen molar-refractivity contribution < 1.29 is 19.0 Å². The zero-order valence-electron chi connectivity index (χ0n) is 14.4. The third-order valence-corrected chi connectivity index (χ3v) is 5.08. The number of carbonyl (C=O) groups is 1. The van der Waals surface area contributed by atoms with E-state index in [1.807, 2.05) is 29.2 Å². The van der Waals surface area contributed by atoms with Gasteiger partial charge in [0.25, 0.3) is 0 Å². The predicted molar refractivity (Wildman–Crippen MR) is 91.5 cm³/mol. The van der Waals surface area contributed by atoms with Crippen molar-refractivity contribution in [2.75, 3.05) is 39.2 Å². The highest BCUT2D eigenvalue weighted by molar-refractivity contribution is 5.89. The minimum Gasteiger partial charge on any atom is -0.497 e. The molecule has 0 aromatic heterocycles. The Labute approximate surface area is 143 Å². The lowest BCUT2D eigenvalue weighted by atomic mass is 9.83. The van der Waals surface area contributed by atoms with E-state index in [1.165, 1.54) is 0 Å². The molecule has 0 bridgehead atoms. The number of ether oxygens (including phenoxy) is 3. The zero-order chi connectivity index (χ0) is 17.0. The van der Waals surface area contributed by atoms with E-state index >= 15 is 0 Å². The summed E-state index contributed by atoms with van der Waals surface area (Å²) in [6, 6.07) is 7.29. The maximum absolute atomic E-state index is 12.4. The number of nitrogens with zero attached hydrogens (tertiary/aromatic N) is 1. The third-order valence-electron chi connectivity index (χ3n) is 5.08. The first-order valence-corrected chi connectivity index (χ1v) is 8.51. The molecule has 132 valence electrons. The molecule has 1 spiro atoms. The van der Waals surface area contributed by atoms with E-state index in [0.717, 1.165) is 43.7 Å². The number of anilines is 1. The number of benzene rings is 1. The Morgan fingerprint density at radius 2 is 1.96 bits per heavy atom. The highest BCUT2D eigenvalue weighted by Crippen LogP contribution is 2.36. The molecular weight excluding hydrogens is 308 g/mol. The van der Waals surface area contributed by atoms with Crippen LogP contribution in [0.5, 0.6) is 5.75 Å².